The molecule has 0 heterocycles. The largest absolute Gasteiger partial charge is 0.480 e. The maximum absolute atomic E-state index is 10.7. The minimum absolute atomic E-state index is 0.0435. The lowest BCUT2D eigenvalue weighted by molar-refractivity contribution is -0.139. The summed E-state index contributed by atoms with van der Waals surface area (Å²) in [5, 5.41) is 11.8. The Morgan fingerprint density at radius 1 is 1.31 bits per heavy atom. The smallest absolute Gasteiger partial charge is 0.320 e. The molecule has 0 amide bonds. The molecule has 0 spiro atoms. The van der Waals surface area contributed by atoms with Crippen LogP contribution >= 0.6 is 11.8 Å². The first kappa shape index (κ1) is 13.1. The molecule has 0 radical (unpaired) electrons. The fraction of sp³-hybridized carbons (Fsp3) is 0.417. The highest BCUT2D eigenvalue weighted by atomic mass is 32.2. The van der Waals surface area contributed by atoms with Crippen LogP contribution in [0.1, 0.15) is 25.5 Å². The average Bonchev–Trinajstić information content (AvgIpc) is 2.28. The number of thioether (sulfide) groups is 1. The highest BCUT2D eigenvalue weighted by molar-refractivity contribution is 7.98. The van der Waals surface area contributed by atoms with Gasteiger partial charge in [0.05, 0.1) is 0 Å². The van der Waals surface area contributed by atoms with Crippen LogP contribution in [0.4, 0.5) is 0 Å². The van der Waals surface area contributed by atoms with Crippen molar-refractivity contribution < 1.29 is 9.90 Å². The minimum Gasteiger partial charge on any atom is -0.480 e. The molecule has 3 nitrogen and oxygen atoms in total. The number of hydrogen-bond acceptors (Lipinski definition) is 3. The van der Waals surface area contributed by atoms with Crippen LogP contribution < -0.4 is 5.32 Å². The standard InChI is InChI=1S/C12H17NO2S/c1-8(13-9(2)12(14)15)10-4-6-11(16-3)7-5-10/h4-9,13H,1-3H3,(H,14,15). The van der Waals surface area contributed by atoms with Crippen molar-refractivity contribution >= 4 is 17.7 Å². The third kappa shape index (κ3) is 3.54. The van der Waals surface area contributed by atoms with E-state index in [1.807, 2.05) is 37.4 Å². The van der Waals surface area contributed by atoms with Gasteiger partial charge in [0, 0.05) is 10.9 Å². The number of carbonyl (C=O) groups is 1. The van der Waals surface area contributed by atoms with Gasteiger partial charge in [-0.05, 0) is 37.8 Å². The van der Waals surface area contributed by atoms with Crippen molar-refractivity contribution in [1.29, 1.82) is 0 Å². The molecule has 0 saturated heterocycles. The summed E-state index contributed by atoms with van der Waals surface area (Å²) >= 11 is 1.69. The summed E-state index contributed by atoms with van der Waals surface area (Å²) in [5.41, 5.74) is 1.10. The van der Waals surface area contributed by atoms with Gasteiger partial charge in [0.2, 0.25) is 0 Å². The van der Waals surface area contributed by atoms with E-state index in [1.165, 1.54) is 4.90 Å². The fourth-order valence-electron chi connectivity index (χ4n) is 1.44. The van der Waals surface area contributed by atoms with Crippen molar-refractivity contribution in [2.45, 2.75) is 30.8 Å². The number of benzene rings is 1. The Kier molecular flexibility index (Phi) is 4.83. The van der Waals surface area contributed by atoms with E-state index in [9.17, 15) is 4.79 Å². The van der Waals surface area contributed by atoms with Gasteiger partial charge in [-0.15, -0.1) is 11.8 Å². The van der Waals surface area contributed by atoms with Crippen LogP contribution in [0.5, 0.6) is 0 Å². The van der Waals surface area contributed by atoms with Crippen LogP contribution in [-0.2, 0) is 4.79 Å². The van der Waals surface area contributed by atoms with E-state index < -0.39 is 12.0 Å². The number of aliphatic carboxylic acids is 1. The maximum atomic E-state index is 10.7. The molecule has 1 aromatic rings. The molecule has 1 aromatic carbocycles. The van der Waals surface area contributed by atoms with Crippen molar-refractivity contribution in [1.82, 2.24) is 5.32 Å². The van der Waals surface area contributed by atoms with Gasteiger partial charge in [0.15, 0.2) is 0 Å². The zero-order chi connectivity index (χ0) is 12.1. The first-order valence-corrected chi connectivity index (χ1v) is 6.40. The number of nitrogens with one attached hydrogen (secondary N) is 1. The lowest BCUT2D eigenvalue weighted by Crippen LogP contribution is -2.35. The van der Waals surface area contributed by atoms with Crippen molar-refractivity contribution in [3.63, 3.8) is 0 Å². The Bertz CT molecular complexity index is 351. The van der Waals surface area contributed by atoms with E-state index in [4.69, 9.17) is 5.11 Å². The van der Waals surface area contributed by atoms with Gasteiger partial charge in [0.1, 0.15) is 6.04 Å². The van der Waals surface area contributed by atoms with Gasteiger partial charge in [-0.2, -0.15) is 0 Å². The van der Waals surface area contributed by atoms with E-state index >= 15 is 0 Å². The zero-order valence-corrected chi connectivity index (χ0v) is 10.5. The van der Waals surface area contributed by atoms with Gasteiger partial charge in [-0.25, -0.2) is 0 Å². The summed E-state index contributed by atoms with van der Waals surface area (Å²) in [6.07, 6.45) is 2.03. The highest BCUT2D eigenvalue weighted by Gasteiger charge is 2.14. The van der Waals surface area contributed by atoms with Crippen LogP contribution in [0.2, 0.25) is 0 Å². The normalized spacial score (nSPS) is 14.4. The molecule has 0 fully saturated rings. The molecular formula is C12H17NO2S. The Morgan fingerprint density at radius 3 is 2.31 bits per heavy atom. The number of hydrogen-bond donors (Lipinski definition) is 2. The lowest BCUT2D eigenvalue weighted by Gasteiger charge is -2.17. The first-order valence-electron chi connectivity index (χ1n) is 5.17. The molecule has 0 bridgehead atoms. The van der Waals surface area contributed by atoms with Crippen LogP contribution in [0.3, 0.4) is 0 Å². The van der Waals surface area contributed by atoms with Crippen LogP contribution in [0.15, 0.2) is 29.2 Å². The molecular weight excluding hydrogens is 222 g/mol. The molecule has 2 unspecified atom stereocenters. The minimum atomic E-state index is -0.826. The van der Waals surface area contributed by atoms with E-state index in [1.54, 1.807) is 18.7 Å². The Balaban J connectivity index is 2.65. The molecule has 4 heteroatoms. The molecule has 16 heavy (non-hydrogen) atoms. The second kappa shape index (κ2) is 5.92. The third-order valence-electron chi connectivity index (χ3n) is 2.49. The Morgan fingerprint density at radius 2 is 1.88 bits per heavy atom. The van der Waals surface area contributed by atoms with Gasteiger partial charge < -0.3 is 5.11 Å². The first-order chi connectivity index (χ1) is 7.54. The van der Waals surface area contributed by atoms with Crippen LogP contribution in [-0.4, -0.2) is 23.4 Å². The molecule has 1 rings (SSSR count). The van der Waals surface area contributed by atoms with Gasteiger partial charge in [0.25, 0.3) is 0 Å². The van der Waals surface area contributed by atoms with Crippen LogP contribution in [0.25, 0.3) is 0 Å². The molecule has 0 aliphatic rings. The van der Waals surface area contributed by atoms with Gasteiger partial charge in [-0.3, -0.25) is 10.1 Å². The summed E-state index contributed by atoms with van der Waals surface area (Å²) in [6.45, 7) is 3.61. The molecule has 0 aromatic heterocycles. The highest BCUT2D eigenvalue weighted by Crippen LogP contribution is 2.19. The second-order valence-corrected chi connectivity index (χ2v) is 4.60. The van der Waals surface area contributed by atoms with Crippen molar-refractivity contribution in [2.24, 2.45) is 0 Å². The van der Waals surface area contributed by atoms with E-state index in [0.717, 1.165) is 5.56 Å². The molecule has 2 N–H and O–H groups in total. The van der Waals surface area contributed by atoms with E-state index in [0.29, 0.717) is 0 Å². The topological polar surface area (TPSA) is 49.3 Å². The Hall–Kier alpha value is -1.00. The SMILES string of the molecule is CSc1ccc(C(C)NC(C)C(=O)O)cc1. The Labute approximate surface area is 100 Å². The van der Waals surface area contributed by atoms with Crippen molar-refractivity contribution in [2.75, 3.05) is 6.26 Å². The fourth-order valence-corrected chi connectivity index (χ4v) is 1.84. The lowest BCUT2D eigenvalue weighted by atomic mass is 10.1. The van der Waals surface area contributed by atoms with Gasteiger partial charge in [-0.1, -0.05) is 12.1 Å². The third-order valence-corrected chi connectivity index (χ3v) is 3.23. The summed E-state index contributed by atoms with van der Waals surface area (Å²) in [7, 11) is 0. The number of carboxylic acids is 1. The molecule has 88 valence electrons. The van der Waals surface area contributed by atoms with Gasteiger partial charge >= 0.3 is 5.97 Å². The monoisotopic (exact) mass is 239 g/mol. The summed E-state index contributed by atoms with van der Waals surface area (Å²) in [4.78, 5) is 11.9. The van der Waals surface area contributed by atoms with E-state index in [2.05, 4.69) is 5.32 Å². The average molecular weight is 239 g/mol. The van der Waals surface area contributed by atoms with Crippen molar-refractivity contribution in [3.8, 4) is 0 Å². The molecule has 0 aliphatic heterocycles. The molecule has 2 atom stereocenters. The zero-order valence-electron chi connectivity index (χ0n) is 9.73. The quantitative estimate of drug-likeness (QED) is 0.775. The van der Waals surface area contributed by atoms with Crippen molar-refractivity contribution in [3.05, 3.63) is 29.8 Å². The number of carboxylic acid groups (broad SMARTS) is 1. The maximum Gasteiger partial charge on any atom is 0.320 e. The number of rotatable bonds is 5. The predicted molar refractivity (Wildman–Crippen MR) is 66.9 cm³/mol. The summed E-state index contributed by atoms with van der Waals surface area (Å²) < 4.78 is 0. The van der Waals surface area contributed by atoms with E-state index in [-0.39, 0.29) is 6.04 Å². The molecule has 0 aliphatic carbocycles. The second-order valence-electron chi connectivity index (χ2n) is 3.72. The molecule has 0 saturated carbocycles. The van der Waals surface area contributed by atoms with Crippen LogP contribution in [0, 0.1) is 0 Å². The predicted octanol–water partition coefficient (Wildman–Crippen LogP) is 2.53. The summed E-state index contributed by atoms with van der Waals surface area (Å²) in [5.74, 6) is -0.826. The summed E-state index contributed by atoms with van der Waals surface area (Å²) in [6, 6.07) is 7.65.